The largest absolute Gasteiger partial charge is 0.302 e. The van der Waals surface area contributed by atoms with Crippen molar-refractivity contribution in [1.29, 1.82) is 0 Å². The molecule has 4 heteroatoms. The van der Waals surface area contributed by atoms with Gasteiger partial charge in [0.15, 0.2) is 0 Å². The molecule has 0 spiro atoms. The van der Waals surface area contributed by atoms with E-state index < -0.39 is 9.84 Å². The number of rotatable bonds is 5. The third kappa shape index (κ3) is 4.73. The van der Waals surface area contributed by atoms with Crippen molar-refractivity contribution in [2.24, 2.45) is 11.8 Å². The summed E-state index contributed by atoms with van der Waals surface area (Å²) in [7, 11) is -0.860. The Morgan fingerprint density at radius 1 is 1.50 bits per heavy atom. The number of sulfone groups is 1. The van der Waals surface area contributed by atoms with E-state index in [4.69, 9.17) is 0 Å². The minimum Gasteiger partial charge on any atom is -0.302 e. The second-order valence-electron chi connectivity index (χ2n) is 5.99. The van der Waals surface area contributed by atoms with Crippen molar-refractivity contribution >= 4 is 9.84 Å². The highest BCUT2D eigenvalue weighted by molar-refractivity contribution is 7.90. The maximum Gasteiger partial charge on any atom is 0.148 e. The summed E-state index contributed by atoms with van der Waals surface area (Å²) in [6.45, 7) is 7.46. The SMILES string of the molecule is CC1=CCC[C@@H](C)[C@H]1CN(C)[C@@H](C)CS(C)(=O)=O. The lowest BCUT2D eigenvalue weighted by Crippen LogP contribution is -2.40. The summed E-state index contributed by atoms with van der Waals surface area (Å²) < 4.78 is 22.7. The van der Waals surface area contributed by atoms with Crippen molar-refractivity contribution in [3.8, 4) is 0 Å². The zero-order valence-corrected chi connectivity index (χ0v) is 13.1. The van der Waals surface area contributed by atoms with Crippen LogP contribution >= 0.6 is 0 Å². The first-order chi connectivity index (χ1) is 8.20. The van der Waals surface area contributed by atoms with E-state index >= 15 is 0 Å². The van der Waals surface area contributed by atoms with Crippen molar-refractivity contribution in [3.63, 3.8) is 0 Å². The fourth-order valence-corrected chi connectivity index (χ4v) is 3.89. The van der Waals surface area contributed by atoms with Gasteiger partial charge in [-0.15, -0.1) is 0 Å². The number of nitrogens with zero attached hydrogens (tertiary/aromatic N) is 1. The molecular weight excluding hydrogens is 246 g/mol. The molecule has 3 nitrogen and oxygen atoms in total. The lowest BCUT2D eigenvalue weighted by Gasteiger charge is -2.34. The summed E-state index contributed by atoms with van der Waals surface area (Å²) in [6.07, 6.45) is 6.08. The van der Waals surface area contributed by atoms with Crippen LogP contribution in [0.25, 0.3) is 0 Å². The van der Waals surface area contributed by atoms with Crippen LogP contribution in [0.15, 0.2) is 11.6 Å². The monoisotopic (exact) mass is 273 g/mol. The molecular formula is C14H27NO2S. The van der Waals surface area contributed by atoms with Gasteiger partial charge in [-0.2, -0.15) is 0 Å². The molecule has 0 aromatic carbocycles. The second kappa shape index (κ2) is 6.20. The fourth-order valence-electron chi connectivity index (χ4n) is 2.75. The van der Waals surface area contributed by atoms with Gasteiger partial charge in [0.2, 0.25) is 0 Å². The van der Waals surface area contributed by atoms with Gasteiger partial charge in [0.05, 0.1) is 5.75 Å². The first kappa shape index (κ1) is 15.7. The summed E-state index contributed by atoms with van der Waals surface area (Å²) in [5.74, 6) is 1.52. The van der Waals surface area contributed by atoms with Gasteiger partial charge in [-0.1, -0.05) is 18.6 Å². The molecule has 3 atom stereocenters. The van der Waals surface area contributed by atoms with Crippen LogP contribution in [0, 0.1) is 11.8 Å². The first-order valence-electron chi connectivity index (χ1n) is 6.75. The van der Waals surface area contributed by atoms with Gasteiger partial charge in [0.25, 0.3) is 0 Å². The summed E-state index contributed by atoms with van der Waals surface area (Å²) >= 11 is 0. The molecule has 0 amide bonds. The molecule has 0 saturated heterocycles. The van der Waals surface area contributed by atoms with Crippen LogP contribution in [-0.4, -0.2) is 45.0 Å². The molecule has 0 N–H and O–H groups in total. The minimum absolute atomic E-state index is 0.0851. The molecule has 1 aliphatic rings. The Balaban J connectivity index is 2.61. The molecule has 0 saturated carbocycles. The number of hydrogen-bond acceptors (Lipinski definition) is 3. The van der Waals surface area contributed by atoms with Crippen LogP contribution in [-0.2, 0) is 9.84 Å². The zero-order valence-electron chi connectivity index (χ0n) is 12.3. The van der Waals surface area contributed by atoms with E-state index in [0.717, 1.165) is 6.54 Å². The van der Waals surface area contributed by atoms with E-state index in [1.807, 2.05) is 14.0 Å². The highest BCUT2D eigenvalue weighted by Gasteiger charge is 2.25. The Bertz CT molecular complexity index is 400. The normalized spacial score (nSPS) is 27.1. The van der Waals surface area contributed by atoms with Gasteiger partial charge < -0.3 is 4.90 Å². The van der Waals surface area contributed by atoms with Gasteiger partial charge in [0.1, 0.15) is 9.84 Å². The average molecular weight is 273 g/mol. The maximum atomic E-state index is 11.3. The van der Waals surface area contributed by atoms with Crippen LogP contribution in [0.2, 0.25) is 0 Å². The number of hydrogen-bond donors (Lipinski definition) is 0. The first-order valence-corrected chi connectivity index (χ1v) is 8.81. The van der Waals surface area contributed by atoms with Crippen molar-refractivity contribution in [2.45, 2.75) is 39.7 Å². The molecule has 0 aromatic rings. The molecule has 0 aliphatic heterocycles. The van der Waals surface area contributed by atoms with Crippen LogP contribution in [0.1, 0.15) is 33.6 Å². The molecule has 18 heavy (non-hydrogen) atoms. The van der Waals surface area contributed by atoms with E-state index in [0.29, 0.717) is 11.8 Å². The molecule has 0 bridgehead atoms. The summed E-state index contributed by atoms with van der Waals surface area (Å²) in [6, 6.07) is 0.0851. The highest BCUT2D eigenvalue weighted by Crippen LogP contribution is 2.30. The Labute approximate surface area is 112 Å². The molecule has 0 heterocycles. The van der Waals surface area contributed by atoms with E-state index in [2.05, 4.69) is 24.8 Å². The van der Waals surface area contributed by atoms with Gasteiger partial charge in [-0.25, -0.2) is 8.42 Å². The lowest BCUT2D eigenvalue weighted by atomic mass is 9.80. The van der Waals surface area contributed by atoms with E-state index in [1.54, 1.807) is 0 Å². The summed E-state index contributed by atoms with van der Waals surface area (Å²) in [4.78, 5) is 2.19. The molecule has 0 aromatic heterocycles. The van der Waals surface area contributed by atoms with E-state index in [-0.39, 0.29) is 11.8 Å². The quantitative estimate of drug-likeness (QED) is 0.722. The van der Waals surface area contributed by atoms with Gasteiger partial charge in [-0.05, 0) is 45.6 Å². The maximum absolute atomic E-state index is 11.3. The molecule has 0 radical (unpaired) electrons. The molecule has 1 rings (SSSR count). The minimum atomic E-state index is -2.89. The smallest absolute Gasteiger partial charge is 0.148 e. The highest BCUT2D eigenvalue weighted by atomic mass is 32.2. The third-order valence-electron chi connectivity index (χ3n) is 4.14. The van der Waals surface area contributed by atoms with Crippen molar-refractivity contribution in [3.05, 3.63) is 11.6 Å². The Kier molecular flexibility index (Phi) is 5.41. The van der Waals surface area contributed by atoms with Gasteiger partial charge >= 0.3 is 0 Å². The standard InChI is InChI=1S/C14H27NO2S/c1-11-7-6-8-12(2)14(11)9-15(4)13(3)10-18(5,16)17/h7,12-14H,6,8-10H2,1-5H3/t12-,13+,14+/m1/s1. The molecule has 1 aliphatic carbocycles. The van der Waals surface area contributed by atoms with Crippen molar-refractivity contribution < 1.29 is 8.42 Å². The fraction of sp³-hybridized carbons (Fsp3) is 0.857. The third-order valence-corrected chi connectivity index (χ3v) is 5.23. The van der Waals surface area contributed by atoms with Gasteiger partial charge in [-0.3, -0.25) is 0 Å². The van der Waals surface area contributed by atoms with Crippen molar-refractivity contribution in [1.82, 2.24) is 4.90 Å². The Morgan fingerprint density at radius 3 is 2.61 bits per heavy atom. The predicted molar refractivity (Wildman–Crippen MR) is 77.4 cm³/mol. The van der Waals surface area contributed by atoms with Crippen LogP contribution in [0.5, 0.6) is 0 Å². The van der Waals surface area contributed by atoms with E-state index in [1.165, 1.54) is 24.7 Å². The second-order valence-corrected chi connectivity index (χ2v) is 8.18. The van der Waals surface area contributed by atoms with Gasteiger partial charge in [0, 0.05) is 18.8 Å². The molecule has 106 valence electrons. The summed E-state index contributed by atoms with van der Waals surface area (Å²) in [5, 5.41) is 0. The lowest BCUT2D eigenvalue weighted by molar-refractivity contribution is 0.206. The molecule has 0 fully saturated rings. The topological polar surface area (TPSA) is 37.4 Å². The van der Waals surface area contributed by atoms with Crippen LogP contribution < -0.4 is 0 Å². The van der Waals surface area contributed by atoms with Crippen molar-refractivity contribution in [2.75, 3.05) is 25.6 Å². The zero-order chi connectivity index (χ0) is 13.9. The predicted octanol–water partition coefficient (Wildman–Crippen LogP) is 2.34. The summed E-state index contributed by atoms with van der Waals surface area (Å²) in [5.41, 5.74) is 1.46. The Hall–Kier alpha value is -0.350. The van der Waals surface area contributed by atoms with E-state index in [9.17, 15) is 8.42 Å². The molecule has 0 unspecified atom stereocenters. The Morgan fingerprint density at radius 2 is 2.11 bits per heavy atom. The van der Waals surface area contributed by atoms with Crippen LogP contribution in [0.4, 0.5) is 0 Å². The number of allylic oxidation sites excluding steroid dienone is 1. The average Bonchev–Trinajstić information content (AvgIpc) is 2.21. The van der Waals surface area contributed by atoms with Crippen LogP contribution in [0.3, 0.4) is 0 Å².